The summed E-state index contributed by atoms with van der Waals surface area (Å²) in [5.74, 6) is 0.725. The molecule has 0 fully saturated rings. The molecule has 0 atom stereocenters. The van der Waals surface area contributed by atoms with Gasteiger partial charge < -0.3 is 10.2 Å². The summed E-state index contributed by atoms with van der Waals surface area (Å²) in [6, 6.07) is 0. The highest BCUT2D eigenvalue weighted by molar-refractivity contribution is 5.29. The third-order valence-corrected chi connectivity index (χ3v) is 2.55. The van der Waals surface area contributed by atoms with E-state index in [2.05, 4.69) is 39.2 Å². The maximum absolute atomic E-state index is 4.45. The van der Waals surface area contributed by atoms with Crippen molar-refractivity contribution in [2.75, 3.05) is 31.1 Å². The van der Waals surface area contributed by atoms with Crippen molar-refractivity contribution in [2.24, 2.45) is 0 Å². The van der Waals surface area contributed by atoms with Crippen LogP contribution in [-0.4, -0.2) is 41.4 Å². The molecule has 1 aromatic heterocycles. The van der Waals surface area contributed by atoms with Gasteiger partial charge in [-0.05, 0) is 27.3 Å². The summed E-state index contributed by atoms with van der Waals surface area (Å²) in [6.45, 7) is 11.8. The fourth-order valence-corrected chi connectivity index (χ4v) is 1.37. The summed E-state index contributed by atoms with van der Waals surface area (Å²) in [6.07, 6.45) is 0. The maximum atomic E-state index is 4.45. The minimum atomic E-state index is 0.725. The van der Waals surface area contributed by atoms with E-state index in [4.69, 9.17) is 0 Å². The van der Waals surface area contributed by atoms with Crippen molar-refractivity contribution in [3.05, 3.63) is 11.4 Å². The molecule has 0 aliphatic rings. The largest absolute Gasteiger partial charge is 0.339 e. The van der Waals surface area contributed by atoms with Crippen molar-refractivity contribution in [1.29, 1.82) is 0 Å². The van der Waals surface area contributed by atoms with E-state index in [1.807, 2.05) is 13.8 Å². The Bertz CT molecular complexity index is 326. The first kappa shape index (κ1) is 12.8. The molecule has 1 aromatic rings. The Balaban J connectivity index is 2.67. The number of nitrogens with zero attached hydrogens (tertiary/aromatic N) is 4. The minimum absolute atomic E-state index is 0.725. The molecule has 5 nitrogen and oxygen atoms in total. The monoisotopic (exact) mass is 223 g/mol. The maximum Gasteiger partial charge on any atom is 0.245 e. The summed E-state index contributed by atoms with van der Waals surface area (Å²) < 4.78 is 0. The average molecular weight is 223 g/mol. The van der Waals surface area contributed by atoms with Crippen LogP contribution < -0.4 is 10.2 Å². The third-order valence-electron chi connectivity index (χ3n) is 2.55. The number of hydrogen-bond acceptors (Lipinski definition) is 5. The highest BCUT2D eigenvalue weighted by Crippen LogP contribution is 2.07. The van der Waals surface area contributed by atoms with Gasteiger partial charge in [0.1, 0.15) is 0 Å². The third kappa shape index (κ3) is 3.41. The van der Waals surface area contributed by atoms with Crippen LogP contribution >= 0.6 is 0 Å². The number of aryl methyl sites for hydroxylation is 2. The Hall–Kier alpha value is -1.23. The van der Waals surface area contributed by atoms with Crippen LogP contribution in [0.15, 0.2) is 0 Å². The molecule has 0 aliphatic carbocycles. The van der Waals surface area contributed by atoms with Crippen molar-refractivity contribution in [2.45, 2.75) is 27.7 Å². The molecule has 0 saturated carbocycles. The molecule has 0 spiro atoms. The molecular weight excluding hydrogens is 202 g/mol. The van der Waals surface area contributed by atoms with Crippen LogP contribution in [0, 0.1) is 13.8 Å². The first-order chi connectivity index (χ1) is 7.69. The van der Waals surface area contributed by atoms with Gasteiger partial charge in [-0.15, -0.1) is 5.10 Å². The zero-order valence-corrected chi connectivity index (χ0v) is 10.6. The van der Waals surface area contributed by atoms with E-state index in [-0.39, 0.29) is 0 Å². The van der Waals surface area contributed by atoms with Gasteiger partial charge in [0, 0.05) is 19.6 Å². The summed E-state index contributed by atoms with van der Waals surface area (Å²) in [5.41, 5.74) is 1.85. The van der Waals surface area contributed by atoms with Crippen molar-refractivity contribution in [3.8, 4) is 0 Å². The van der Waals surface area contributed by atoms with Crippen LogP contribution in [0.1, 0.15) is 25.2 Å². The van der Waals surface area contributed by atoms with Crippen molar-refractivity contribution < 1.29 is 0 Å². The molecule has 90 valence electrons. The van der Waals surface area contributed by atoms with Gasteiger partial charge in [0.25, 0.3) is 0 Å². The summed E-state index contributed by atoms with van der Waals surface area (Å²) in [4.78, 5) is 6.57. The first-order valence-electron chi connectivity index (χ1n) is 5.82. The van der Waals surface area contributed by atoms with Gasteiger partial charge >= 0.3 is 0 Å². The summed E-state index contributed by atoms with van der Waals surface area (Å²) >= 11 is 0. The van der Waals surface area contributed by atoms with E-state index >= 15 is 0 Å². The van der Waals surface area contributed by atoms with Gasteiger partial charge in [-0.3, -0.25) is 0 Å². The van der Waals surface area contributed by atoms with Crippen molar-refractivity contribution in [3.63, 3.8) is 0 Å². The van der Waals surface area contributed by atoms with Gasteiger partial charge in [0.15, 0.2) is 0 Å². The lowest BCUT2D eigenvalue weighted by molar-refractivity contribution is 0.670. The van der Waals surface area contributed by atoms with E-state index in [1.165, 1.54) is 0 Å². The summed E-state index contributed by atoms with van der Waals surface area (Å²) in [5, 5.41) is 11.5. The standard InChI is InChI=1S/C11H21N5/c1-5-12-7-8-16(6-2)11-13-9(3)10(4)14-15-11/h12H,5-8H2,1-4H3. The number of aromatic nitrogens is 3. The van der Waals surface area contributed by atoms with E-state index in [0.717, 1.165) is 43.5 Å². The Kier molecular flexibility index (Phi) is 5.11. The zero-order valence-electron chi connectivity index (χ0n) is 10.6. The topological polar surface area (TPSA) is 53.9 Å². The minimum Gasteiger partial charge on any atom is -0.339 e. The highest BCUT2D eigenvalue weighted by atomic mass is 15.3. The quantitative estimate of drug-likeness (QED) is 0.727. The molecule has 1 N–H and O–H groups in total. The fraction of sp³-hybridized carbons (Fsp3) is 0.727. The van der Waals surface area contributed by atoms with Crippen LogP contribution in [0.3, 0.4) is 0 Å². The van der Waals surface area contributed by atoms with Crippen LogP contribution in [0.2, 0.25) is 0 Å². The van der Waals surface area contributed by atoms with E-state index in [1.54, 1.807) is 0 Å². The molecule has 0 radical (unpaired) electrons. The van der Waals surface area contributed by atoms with Gasteiger partial charge in [-0.25, -0.2) is 4.98 Å². The lowest BCUT2D eigenvalue weighted by Gasteiger charge is -2.20. The highest BCUT2D eigenvalue weighted by Gasteiger charge is 2.08. The predicted molar refractivity (Wildman–Crippen MR) is 65.7 cm³/mol. The Morgan fingerprint density at radius 2 is 1.88 bits per heavy atom. The van der Waals surface area contributed by atoms with E-state index in [9.17, 15) is 0 Å². The molecule has 0 aliphatic heterocycles. The second-order valence-electron chi connectivity index (χ2n) is 3.72. The molecule has 0 saturated heterocycles. The van der Waals surface area contributed by atoms with Crippen molar-refractivity contribution in [1.82, 2.24) is 20.5 Å². The first-order valence-corrected chi connectivity index (χ1v) is 5.82. The van der Waals surface area contributed by atoms with Crippen LogP contribution in [0.4, 0.5) is 5.95 Å². The number of likely N-dealkylation sites (N-methyl/N-ethyl adjacent to an activating group) is 2. The normalized spacial score (nSPS) is 10.5. The number of anilines is 1. The summed E-state index contributed by atoms with van der Waals surface area (Å²) in [7, 11) is 0. The second kappa shape index (κ2) is 6.37. The average Bonchev–Trinajstić information content (AvgIpc) is 2.29. The molecule has 0 bridgehead atoms. The van der Waals surface area contributed by atoms with Gasteiger partial charge in [0.2, 0.25) is 5.95 Å². The molecule has 0 aromatic carbocycles. The molecule has 1 heterocycles. The van der Waals surface area contributed by atoms with Crippen LogP contribution in [0.25, 0.3) is 0 Å². The van der Waals surface area contributed by atoms with Crippen LogP contribution in [-0.2, 0) is 0 Å². The van der Waals surface area contributed by atoms with Gasteiger partial charge in [-0.1, -0.05) is 6.92 Å². The fourth-order valence-electron chi connectivity index (χ4n) is 1.37. The molecule has 0 unspecified atom stereocenters. The van der Waals surface area contributed by atoms with Crippen molar-refractivity contribution >= 4 is 5.95 Å². The Morgan fingerprint density at radius 1 is 1.12 bits per heavy atom. The molecule has 5 heteroatoms. The molecule has 16 heavy (non-hydrogen) atoms. The van der Waals surface area contributed by atoms with E-state index < -0.39 is 0 Å². The predicted octanol–water partition coefficient (Wildman–Crippen LogP) is 0.924. The number of hydrogen-bond donors (Lipinski definition) is 1. The number of nitrogens with one attached hydrogen (secondary N) is 1. The van der Waals surface area contributed by atoms with Gasteiger partial charge in [0.05, 0.1) is 11.4 Å². The second-order valence-corrected chi connectivity index (χ2v) is 3.72. The lowest BCUT2D eigenvalue weighted by atomic mass is 10.4. The Morgan fingerprint density at radius 3 is 2.44 bits per heavy atom. The van der Waals surface area contributed by atoms with E-state index in [0.29, 0.717) is 0 Å². The van der Waals surface area contributed by atoms with Crippen LogP contribution in [0.5, 0.6) is 0 Å². The molecule has 1 rings (SSSR count). The molecular formula is C11H21N5. The SMILES string of the molecule is CCNCCN(CC)c1nnc(C)c(C)n1. The Labute approximate surface area is 97.3 Å². The van der Waals surface area contributed by atoms with Gasteiger partial charge in [-0.2, -0.15) is 5.10 Å². The zero-order chi connectivity index (χ0) is 12.0. The number of rotatable bonds is 6. The smallest absolute Gasteiger partial charge is 0.245 e. The molecule has 0 amide bonds. The lowest BCUT2D eigenvalue weighted by Crippen LogP contribution is -2.33.